The minimum absolute atomic E-state index is 0.00737. The highest BCUT2D eigenvalue weighted by Gasteiger charge is 2.29. The molecule has 1 aliphatic rings. The van der Waals surface area contributed by atoms with Crippen LogP contribution < -0.4 is 10.1 Å². The lowest BCUT2D eigenvalue weighted by atomic mass is 10.2. The summed E-state index contributed by atoms with van der Waals surface area (Å²) < 4.78 is 45.0. The molecule has 1 aliphatic heterocycles. The van der Waals surface area contributed by atoms with Crippen LogP contribution in [0.1, 0.15) is 0 Å². The number of amides is 1. The minimum Gasteiger partial charge on any atom is -0.494 e. The summed E-state index contributed by atoms with van der Waals surface area (Å²) in [5.74, 6) is -0.279. The Morgan fingerprint density at radius 1 is 1.11 bits per heavy atom. The van der Waals surface area contributed by atoms with Crippen LogP contribution in [0.2, 0.25) is 0 Å². The van der Waals surface area contributed by atoms with Gasteiger partial charge in [0, 0.05) is 32.2 Å². The third-order valence-electron chi connectivity index (χ3n) is 4.57. The number of hydrogen-bond acceptors (Lipinski definition) is 5. The first-order valence-corrected chi connectivity index (χ1v) is 10.3. The molecule has 0 aliphatic carbocycles. The van der Waals surface area contributed by atoms with E-state index >= 15 is 0 Å². The first kappa shape index (κ1) is 20.1. The molecule has 1 fully saturated rings. The van der Waals surface area contributed by atoms with E-state index in [1.165, 1.54) is 29.6 Å². The lowest BCUT2D eigenvalue weighted by Crippen LogP contribution is -2.51. The van der Waals surface area contributed by atoms with Crippen LogP contribution in [0, 0.1) is 5.82 Å². The Morgan fingerprint density at radius 2 is 1.79 bits per heavy atom. The minimum atomic E-state index is -3.55. The Morgan fingerprint density at radius 3 is 2.43 bits per heavy atom. The van der Waals surface area contributed by atoms with Gasteiger partial charge >= 0.3 is 0 Å². The van der Waals surface area contributed by atoms with Gasteiger partial charge in [0.1, 0.15) is 11.6 Å². The molecule has 28 heavy (non-hydrogen) atoms. The van der Waals surface area contributed by atoms with Gasteiger partial charge in [-0.25, -0.2) is 12.8 Å². The molecule has 1 amide bonds. The van der Waals surface area contributed by atoms with Crippen molar-refractivity contribution in [3.05, 3.63) is 54.3 Å². The number of piperazine rings is 1. The highest BCUT2D eigenvalue weighted by molar-refractivity contribution is 7.89. The third-order valence-corrected chi connectivity index (χ3v) is 6.48. The molecule has 0 atom stereocenters. The van der Waals surface area contributed by atoms with E-state index in [1.807, 2.05) is 0 Å². The van der Waals surface area contributed by atoms with Crippen molar-refractivity contribution in [1.29, 1.82) is 0 Å². The molecule has 0 aromatic heterocycles. The molecule has 0 radical (unpaired) electrons. The summed E-state index contributed by atoms with van der Waals surface area (Å²) >= 11 is 0. The van der Waals surface area contributed by atoms with Crippen molar-refractivity contribution in [2.45, 2.75) is 4.90 Å². The zero-order valence-corrected chi connectivity index (χ0v) is 16.3. The summed E-state index contributed by atoms with van der Waals surface area (Å²) in [4.78, 5) is 14.3. The number of methoxy groups -OCH3 is 1. The number of benzene rings is 2. The second-order valence-electron chi connectivity index (χ2n) is 6.30. The number of rotatable bonds is 6. The molecule has 9 heteroatoms. The fourth-order valence-corrected chi connectivity index (χ4v) is 4.46. The van der Waals surface area contributed by atoms with Gasteiger partial charge in [0.15, 0.2) is 0 Å². The van der Waals surface area contributed by atoms with Crippen LogP contribution in [0.25, 0.3) is 0 Å². The molecular formula is C19H22FN3O4S. The highest BCUT2D eigenvalue weighted by atomic mass is 32.2. The number of nitrogens with one attached hydrogen (secondary N) is 1. The van der Waals surface area contributed by atoms with Gasteiger partial charge in [-0.15, -0.1) is 0 Å². The molecule has 0 saturated carbocycles. The molecule has 150 valence electrons. The summed E-state index contributed by atoms with van der Waals surface area (Å²) in [6.07, 6.45) is 0. The number of ether oxygens (including phenoxy) is 1. The van der Waals surface area contributed by atoms with Gasteiger partial charge in [0.2, 0.25) is 15.9 Å². The molecule has 2 aromatic carbocycles. The number of sulfonamides is 1. The summed E-state index contributed by atoms with van der Waals surface area (Å²) in [5, 5.41) is 2.94. The van der Waals surface area contributed by atoms with E-state index in [4.69, 9.17) is 4.74 Å². The van der Waals surface area contributed by atoms with Crippen molar-refractivity contribution >= 4 is 21.6 Å². The van der Waals surface area contributed by atoms with Crippen LogP contribution in [-0.4, -0.2) is 63.4 Å². The lowest BCUT2D eigenvalue weighted by molar-refractivity contribution is -0.130. The molecule has 7 nitrogen and oxygen atoms in total. The van der Waals surface area contributed by atoms with E-state index < -0.39 is 15.8 Å². The van der Waals surface area contributed by atoms with Crippen LogP contribution in [0.3, 0.4) is 0 Å². The number of halogens is 1. The van der Waals surface area contributed by atoms with Crippen molar-refractivity contribution < 1.29 is 22.3 Å². The van der Waals surface area contributed by atoms with Crippen LogP contribution in [0.4, 0.5) is 10.1 Å². The summed E-state index contributed by atoms with van der Waals surface area (Å²) in [6, 6.07) is 12.3. The standard InChI is InChI=1S/C19H22FN3O4S/c1-27-18-13-15(20)7-8-17(18)21-14-19(24)22-9-11-23(12-10-22)28(25,26)16-5-3-2-4-6-16/h2-8,13,21H,9-12,14H2,1H3. The fraction of sp³-hybridized carbons (Fsp3) is 0.316. The second-order valence-corrected chi connectivity index (χ2v) is 8.23. The maximum absolute atomic E-state index is 13.2. The smallest absolute Gasteiger partial charge is 0.243 e. The Labute approximate surface area is 163 Å². The van der Waals surface area contributed by atoms with E-state index in [0.29, 0.717) is 24.5 Å². The SMILES string of the molecule is COc1cc(F)ccc1NCC(=O)N1CCN(S(=O)(=O)c2ccccc2)CC1. The Balaban J connectivity index is 1.56. The predicted octanol–water partition coefficient (Wildman–Crippen LogP) is 1.78. The first-order chi connectivity index (χ1) is 13.4. The van der Waals surface area contributed by atoms with Crippen molar-refractivity contribution in [3.63, 3.8) is 0 Å². The predicted molar refractivity (Wildman–Crippen MR) is 103 cm³/mol. The molecule has 1 saturated heterocycles. The molecule has 0 spiro atoms. The van der Waals surface area contributed by atoms with E-state index in [9.17, 15) is 17.6 Å². The molecular weight excluding hydrogens is 385 g/mol. The van der Waals surface area contributed by atoms with Gasteiger partial charge < -0.3 is 15.0 Å². The lowest BCUT2D eigenvalue weighted by Gasteiger charge is -2.34. The molecule has 1 N–H and O–H groups in total. The number of nitrogens with zero attached hydrogens (tertiary/aromatic N) is 2. The van der Waals surface area contributed by atoms with E-state index in [1.54, 1.807) is 35.2 Å². The normalized spacial score (nSPS) is 15.3. The van der Waals surface area contributed by atoms with Gasteiger partial charge in [0.25, 0.3) is 0 Å². The molecule has 3 rings (SSSR count). The zero-order chi connectivity index (χ0) is 20.1. The van der Waals surface area contributed by atoms with E-state index in [-0.39, 0.29) is 30.4 Å². The van der Waals surface area contributed by atoms with Crippen molar-refractivity contribution in [1.82, 2.24) is 9.21 Å². The van der Waals surface area contributed by atoms with Gasteiger partial charge in [-0.05, 0) is 24.3 Å². The van der Waals surface area contributed by atoms with Gasteiger partial charge in [-0.2, -0.15) is 4.31 Å². The Hall–Kier alpha value is -2.65. The largest absolute Gasteiger partial charge is 0.494 e. The van der Waals surface area contributed by atoms with Crippen LogP contribution >= 0.6 is 0 Å². The molecule has 1 heterocycles. The molecule has 2 aromatic rings. The van der Waals surface area contributed by atoms with Crippen LogP contribution in [0.5, 0.6) is 5.75 Å². The monoisotopic (exact) mass is 407 g/mol. The van der Waals surface area contributed by atoms with E-state index in [2.05, 4.69) is 5.32 Å². The van der Waals surface area contributed by atoms with Crippen molar-refractivity contribution in [2.75, 3.05) is 45.2 Å². The van der Waals surface area contributed by atoms with Crippen LogP contribution in [0.15, 0.2) is 53.4 Å². The fourth-order valence-electron chi connectivity index (χ4n) is 3.01. The number of anilines is 1. The van der Waals surface area contributed by atoms with Gasteiger partial charge in [0.05, 0.1) is 24.2 Å². The number of carbonyl (C=O) groups is 1. The summed E-state index contributed by atoms with van der Waals surface area (Å²) in [7, 11) is -2.13. The van der Waals surface area contributed by atoms with Crippen LogP contribution in [-0.2, 0) is 14.8 Å². The summed E-state index contributed by atoms with van der Waals surface area (Å²) in [5.41, 5.74) is 0.516. The maximum Gasteiger partial charge on any atom is 0.243 e. The van der Waals surface area contributed by atoms with Gasteiger partial charge in [-0.3, -0.25) is 4.79 Å². The molecule has 0 unspecified atom stereocenters. The maximum atomic E-state index is 13.2. The third kappa shape index (κ3) is 4.42. The average Bonchev–Trinajstić information content (AvgIpc) is 2.73. The first-order valence-electron chi connectivity index (χ1n) is 8.82. The van der Waals surface area contributed by atoms with E-state index in [0.717, 1.165) is 0 Å². The second kappa shape index (κ2) is 8.57. The zero-order valence-electron chi connectivity index (χ0n) is 15.5. The Kier molecular flexibility index (Phi) is 6.15. The van der Waals surface area contributed by atoms with Crippen molar-refractivity contribution in [2.24, 2.45) is 0 Å². The summed E-state index contributed by atoms with van der Waals surface area (Å²) in [6.45, 7) is 1.11. The molecule has 0 bridgehead atoms. The van der Waals surface area contributed by atoms with Crippen molar-refractivity contribution in [3.8, 4) is 5.75 Å². The topological polar surface area (TPSA) is 79.0 Å². The average molecular weight is 407 g/mol. The Bertz CT molecular complexity index is 929. The van der Waals surface area contributed by atoms with Gasteiger partial charge in [-0.1, -0.05) is 18.2 Å². The number of hydrogen-bond donors (Lipinski definition) is 1. The highest BCUT2D eigenvalue weighted by Crippen LogP contribution is 2.24. The number of carbonyl (C=O) groups excluding carboxylic acids is 1. The quantitative estimate of drug-likeness (QED) is 0.790.